The Balaban J connectivity index is 1.30. The number of rotatable bonds is 6. The molecule has 1 aromatic carbocycles. The molecule has 0 unspecified atom stereocenters. The van der Waals surface area contributed by atoms with E-state index in [2.05, 4.69) is 16.7 Å². The minimum Gasteiger partial charge on any atom is -0.356 e. The summed E-state index contributed by atoms with van der Waals surface area (Å²) in [5, 5.41) is 5.77. The van der Waals surface area contributed by atoms with Crippen molar-refractivity contribution in [1.29, 1.82) is 0 Å². The third-order valence-electron chi connectivity index (χ3n) is 6.18. The quantitative estimate of drug-likeness (QED) is 0.632. The molecule has 2 heterocycles. The zero-order valence-electron chi connectivity index (χ0n) is 17.6. The Morgan fingerprint density at radius 1 is 1.23 bits per heavy atom. The molecule has 1 aliphatic carbocycles. The summed E-state index contributed by atoms with van der Waals surface area (Å²) in [5.74, 6) is 0.0957. The minimum absolute atomic E-state index is 0.0296. The third kappa shape index (κ3) is 5.32. The number of carbonyl (C=O) groups excluding carboxylic acids is 2. The van der Waals surface area contributed by atoms with Crippen LogP contribution in [0.5, 0.6) is 0 Å². The van der Waals surface area contributed by atoms with Gasteiger partial charge in [0.25, 0.3) is 0 Å². The lowest BCUT2D eigenvalue weighted by Gasteiger charge is -2.31. The summed E-state index contributed by atoms with van der Waals surface area (Å²) >= 11 is 1.40. The van der Waals surface area contributed by atoms with Gasteiger partial charge in [0.2, 0.25) is 21.8 Å². The van der Waals surface area contributed by atoms with Crippen molar-refractivity contribution in [3.8, 4) is 0 Å². The maximum absolute atomic E-state index is 13.1. The fourth-order valence-electron chi connectivity index (χ4n) is 4.35. The number of nitrogens with one attached hydrogen (secondary N) is 2. The van der Waals surface area contributed by atoms with E-state index in [0.29, 0.717) is 43.9 Å². The van der Waals surface area contributed by atoms with Gasteiger partial charge in [0, 0.05) is 30.4 Å². The average Bonchev–Trinajstić information content (AvgIpc) is 2.79. The van der Waals surface area contributed by atoms with E-state index in [9.17, 15) is 18.0 Å². The maximum atomic E-state index is 13.1. The lowest BCUT2D eigenvalue weighted by Crippen LogP contribution is -2.43. The molecule has 1 fully saturated rings. The first-order valence-electron chi connectivity index (χ1n) is 11.0. The lowest BCUT2D eigenvalue weighted by molar-refractivity contribution is -0.126. The molecule has 1 aromatic rings. The number of nitrogens with zero attached hydrogens (tertiary/aromatic N) is 1. The van der Waals surface area contributed by atoms with Crippen molar-refractivity contribution in [2.75, 3.05) is 30.7 Å². The van der Waals surface area contributed by atoms with Crippen LogP contribution in [0.1, 0.15) is 44.9 Å². The summed E-state index contributed by atoms with van der Waals surface area (Å²) in [6.45, 7) is 1.30. The van der Waals surface area contributed by atoms with Gasteiger partial charge in [-0.3, -0.25) is 9.59 Å². The fourth-order valence-corrected chi connectivity index (χ4v) is 6.64. The smallest absolute Gasteiger partial charge is 0.243 e. The van der Waals surface area contributed by atoms with Crippen LogP contribution in [-0.4, -0.2) is 49.9 Å². The van der Waals surface area contributed by atoms with Gasteiger partial charge >= 0.3 is 0 Å². The number of piperidine rings is 1. The van der Waals surface area contributed by atoms with Crippen molar-refractivity contribution < 1.29 is 18.0 Å². The van der Waals surface area contributed by atoms with Gasteiger partial charge in [0.05, 0.1) is 16.3 Å². The third-order valence-corrected chi connectivity index (χ3v) is 9.14. The highest BCUT2D eigenvalue weighted by Crippen LogP contribution is 2.34. The molecule has 2 aliphatic heterocycles. The van der Waals surface area contributed by atoms with Crippen molar-refractivity contribution in [3.63, 3.8) is 0 Å². The van der Waals surface area contributed by atoms with E-state index < -0.39 is 10.0 Å². The molecule has 0 saturated carbocycles. The van der Waals surface area contributed by atoms with Crippen LogP contribution in [-0.2, 0) is 19.6 Å². The monoisotopic (exact) mass is 463 g/mol. The van der Waals surface area contributed by atoms with Crippen LogP contribution in [0.3, 0.4) is 0 Å². The Bertz CT molecular complexity index is 982. The Morgan fingerprint density at radius 3 is 2.77 bits per heavy atom. The highest BCUT2D eigenvalue weighted by molar-refractivity contribution is 8.00. The standard InChI is InChI=1S/C22H29N3O4S2/c26-21-15-30-20-7-6-18(14-19(20)24-21)31(28,29)25-12-9-17(10-13-25)22(27)23-11-8-16-4-2-1-3-5-16/h4,6-7,14,17H,1-3,5,8-13,15H2,(H,23,27)(H,24,26). The number of allylic oxidation sites excluding steroid dienone is 1. The summed E-state index contributed by atoms with van der Waals surface area (Å²) < 4.78 is 27.6. The van der Waals surface area contributed by atoms with Crippen LogP contribution in [0.2, 0.25) is 0 Å². The first-order valence-corrected chi connectivity index (χ1v) is 13.4. The van der Waals surface area contributed by atoms with Gasteiger partial charge in [-0.15, -0.1) is 11.8 Å². The Morgan fingerprint density at radius 2 is 2.03 bits per heavy atom. The highest BCUT2D eigenvalue weighted by Gasteiger charge is 2.32. The topological polar surface area (TPSA) is 95.6 Å². The second-order valence-electron chi connectivity index (χ2n) is 8.32. The molecule has 1 saturated heterocycles. The molecule has 31 heavy (non-hydrogen) atoms. The molecule has 9 heteroatoms. The number of carbonyl (C=O) groups is 2. The average molecular weight is 464 g/mol. The van der Waals surface area contributed by atoms with Crippen LogP contribution >= 0.6 is 11.8 Å². The van der Waals surface area contributed by atoms with Crippen LogP contribution in [0.15, 0.2) is 39.6 Å². The van der Waals surface area contributed by atoms with Crippen LogP contribution < -0.4 is 10.6 Å². The van der Waals surface area contributed by atoms with Gasteiger partial charge < -0.3 is 10.6 Å². The molecule has 4 rings (SSSR count). The molecule has 0 bridgehead atoms. The summed E-state index contributed by atoms with van der Waals surface area (Å²) in [5.41, 5.74) is 1.98. The SMILES string of the molecule is O=C1CSc2ccc(S(=O)(=O)N3CCC(C(=O)NCCC4=CCCCC4)CC3)cc2N1. The summed E-state index contributed by atoms with van der Waals surface area (Å²) in [6, 6.07) is 4.87. The highest BCUT2D eigenvalue weighted by atomic mass is 32.2. The predicted octanol–water partition coefficient (Wildman–Crippen LogP) is 3.14. The molecule has 0 atom stereocenters. The predicted molar refractivity (Wildman–Crippen MR) is 121 cm³/mol. The van der Waals surface area contributed by atoms with E-state index in [1.54, 1.807) is 12.1 Å². The number of anilines is 1. The van der Waals surface area contributed by atoms with Crippen molar-refractivity contribution in [2.45, 2.75) is 54.7 Å². The molecule has 0 radical (unpaired) electrons. The zero-order chi connectivity index (χ0) is 21.8. The van der Waals surface area contributed by atoms with Crippen LogP contribution in [0.25, 0.3) is 0 Å². The summed E-state index contributed by atoms with van der Waals surface area (Å²) in [7, 11) is -3.66. The first kappa shape index (κ1) is 22.4. The van der Waals surface area contributed by atoms with Crippen molar-refractivity contribution >= 4 is 39.3 Å². The number of thioether (sulfide) groups is 1. The number of benzene rings is 1. The van der Waals surface area contributed by atoms with E-state index in [0.717, 1.165) is 24.2 Å². The molecule has 168 valence electrons. The number of sulfonamides is 1. The number of hydrogen-bond acceptors (Lipinski definition) is 5. The van der Waals surface area contributed by atoms with Crippen molar-refractivity contribution in [2.24, 2.45) is 5.92 Å². The minimum atomic E-state index is -3.66. The van der Waals surface area contributed by atoms with Gasteiger partial charge in [0.15, 0.2) is 0 Å². The van der Waals surface area contributed by atoms with E-state index in [1.165, 1.54) is 40.5 Å². The number of fused-ring (bicyclic) bond motifs is 1. The van der Waals surface area contributed by atoms with E-state index in [-0.39, 0.29) is 22.6 Å². The molecular weight excluding hydrogens is 434 g/mol. The van der Waals surface area contributed by atoms with E-state index in [4.69, 9.17) is 0 Å². The van der Waals surface area contributed by atoms with Gasteiger partial charge in [0.1, 0.15) is 0 Å². The Hall–Kier alpha value is -1.84. The second kappa shape index (κ2) is 9.75. The fraction of sp³-hybridized carbons (Fsp3) is 0.545. The van der Waals surface area contributed by atoms with Gasteiger partial charge in [-0.1, -0.05) is 11.6 Å². The number of hydrogen-bond donors (Lipinski definition) is 2. The summed E-state index contributed by atoms with van der Waals surface area (Å²) in [6.07, 6.45) is 9.02. The van der Waals surface area contributed by atoms with Gasteiger partial charge in [-0.2, -0.15) is 4.31 Å². The Labute approximate surface area is 188 Å². The molecule has 7 nitrogen and oxygen atoms in total. The molecular formula is C22H29N3O4S2. The normalized spacial score (nSPS) is 20.5. The van der Waals surface area contributed by atoms with Crippen molar-refractivity contribution in [3.05, 3.63) is 29.8 Å². The van der Waals surface area contributed by atoms with Gasteiger partial charge in [-0.25, -0.2) is 8.42 Å². The van der Waals surface area contributed by atoms with E-state index >= 15 is 0 Å². The van der Waals surface area contributed by atoms with E-state index in [1.807, 2.05) is 0 Å². The second-order valence-corrected chi connectivity index (χ2v) is 11.3. The molecule has 0 spiro atoms. The molecule has 0 aromatic heterocycles. The summed E-state index contributed by atoms with van der Waals surface area (Å²) in [4.78, 5) is 25.2. The zero-order valence-corrected chi connectivity index (χ0v) is 19.2. The lowest BCUT2D eigenvalue weighted by atomic mass is 9.96. The molecule has 3 aliphatic rings. The first-order chi connectivity index (χ1) is 14.9. The van der Waals surface area contributed by atoms with Crippen LogP contribution in [0, 0.1) is 5.92 Å². The largest absolute Gasteiger partial charge is 0.356 e. The van der Waals surface area contributed by atoms with Crippen LogP contribution in [0.4, 0.5) is 5.69 Å². The van der Waals surface area contributed by atoms with Gasteiger partial charge in [-0.05, 0) is 63.1 Å². The molecule has 2 N–H and O–H groups in total. The molecule has 2 amide bonds. The Kier molecular flexibility index (Phi) is 7.03. The maximum Gasteiger partial charge on any atom is 0.243 e. The van der Waals surface area contributed by atoms with Crippen molar-refractivity contribution in [1.82, 2.24) is 9.62 Å². The number of amides is 2.